The van der Waals surface area contributed by atoms with Crippen LogP contribution in [-0.4, -0.2) is 26.2 Å². The Balaban J connectivity index is 1.84. The monoisotopic (exact) mass is 250 g/mol. The summed E-state index contributed by atoms with van der Waals surface area (Å²) in [5.74, 6) is 1.62. The van der Waals surface area contributed by atoms with Gasteiger partial charge < -0.3 is 9.47 Å². The highest BCUT2D eigenvalue weighted by Gasteiger charge is 2.11. The van der Waals surface area contributed by atoms with Crippen LogP contribution in [0, 0.1) is 0 Å². The van der Waals surface area contributed by atoms with Gasteiger partial charge in [0, 0.05) is 13.5 Å². The molecule has 5 nitrogen and oxygen atoms in total. The van der Waals surface area contributed by atoms with Gasteiger partial charge in [-0.3, -0.25) is 10.2 Å². The van der Waals surface area contributed by atoms with Crippen molar-refractivity contribution in [2.45, 2.75) is 19.3 Å². The number of hydrogen-bond acceptors (Lipinski definition) is 4. The zero-order valence-electron chi connectivity index (χ0n) is 10.5. The number of ether oxygens (including phenoxy) is 2. The molecule has 18 heavy (non-hydrogen) atoms. The average molecular weight is 250 g/mol. The molecular formula is C13H18N2O3. The SMILES string of the molecule is CNNC(=O)CCCc1ccc2c(c1)OCCO2. The predicted octanol–water partition coefficient (Wildman–Crippen LogP) is 1.03. The summed E-state index contributed by atoms with van der Waals surface area (Å²) in [6, 6.07) is 5.94. The molecule has 1 aliphatic rings. The van der Waals surface area contributed by atoms with Crippen LogP contribution >= 0.6 is 0 Å². The zero-order chi connectivity index (χ0) is 12.8. The van der Waals surface area contributed by atoms with Crippen LogP contribution in [0.5, 0.6) is 11.5 Å². The molecule has 98 valence electrons. The Bertz CT molecular complexity index is 421. The van der Waals surface area contributed by atoms with Crippen LogP contribution in [0.3, 0.4) is 0 Å². The lowest BCUT2D eigenvalue weighted by atomic mass is 10.1. The quantitative estimate of drug-likeness (QED) is 0.766. The van der Waals surface area contributed by atoms with Crippen molar-refractivity contribution in [3.63, 3.8) is 0 Å². The van der Waals surface area contributed by atoms with Gasteiger partial charge in [-0.15, -0.1) is 0 Å². The summed E-state index contributed by atoms with van der Waals surface area (Å²) in [6.45, 7) is 1.21. The van der Waals surface area contributed by atoms with E-state index in [0.29, 0.717) is 19.6 Å². The Morgan fingerprint density at radius 2 is 2.06 bits per heavy atom. The highest BCUT2D eigenvalue weighted by atomic mass is 16.6. The van der Waals surface area contributed by atoms with E-state index in [4.69, 9.17) is 9.47 Å². The van der Waals surface area contributed by atoms with E-state index in [0.717, 1.165) is 29.9 Å². The summed E-state index contributed by atoms with van der Waals surface area (Å²) < 4.78 is 11.0. The van der Waals surface area contributed by atoms with Crippen LogP contribution in [0.2, 0.25) is 0 Å². The number of hydrazine groups is 1. The van der Waals surface area contributed by atoms with Crippen LogP contribution < -0.4 is 20.3 Å². The maximum atomic E-state index is 11.2. The number of carbonyl (C=O) groups excluding carboxylic acids is 1. The molecule has 0 saturated heterocycles. The zero-order valence-corrected chi connectivity index (χ0v) is 10.5. The second-order valence-electron chi connectivity index (χ2n) is 4.13. The normalized spacial score (nSPS) is 13.2. The van der Waals surface area contributed by atoms with Crippen LogP contribution in [-0.2, 0) is 11.2 Å². The third-order valence-corrected chi connectivity index (χ3v) is 2.74. The van der Waals surface area contributed by atoms with Gasteiger partial charge in [-0.2, -0.15) is 0 Å². The van der Waals surface area contributed by atoms with Gasteiger partial charge in [0.05, 0.1) is 0 Å². The molecule has 0 saturated carbocycles. The van der Waals surface area contributed by atoms with Gasteiger partial charge in [0.15, 0.2) is 11.5 Å². The van der Waals surface area contributed by atoms with Crippen molar-refractivity contribution in [2.75, 3.05) is 20.3 Å². The number of amides is 1. The van der Waals surface area contributed by atoms with Gasteiger partial charge in [0.1, 0.15) is 13.2 Å². The van der Waals surface area contributed by atoms with E-state index in [1.807, 2.05) is 18.2 Å². The first-order valence-electron chi connectivity index (χ1n) is 6.13. The number of carbonyl (C=O) groups is 1. The van der Waals surface area contributed by atoms with Gasteiger partial charge in [0.2, 0.25) is 5.91 Å². The number of benzene rings is 1. The predicted molar refractivity (Wildman–Crippen MR) is 67.6 cm³/mol. The van der Waals surface area contributed by atoms with Gasteiger partial charge >= 0.3 is 0 Å². The van der Waals surface area contributed by atoms with E-state index in [2.05, 4.69) is 10.9 Å². The Labute approximate surface area is 106 Å². The lowest BCUT2D eigenvalue weighted by molar-refractivity contribution is -0.122. The van der Waals surface area contributed by atoms with E-state index in [-0.39, 0.29) is 5.91 Å². The largest absolute Gasteiger partial charge is 0.486 e. The molecule has 0 bridgehead atoms. The van der Waals surface area contributed by atoms with Crippen LogP contribution in [0.4, 0.5) is 0 Å². The van der Waals surface area contributed by atoms with Crippen molar-refractivity contribution < 1.29 is 14.3 Å². The molecule has 0 fully saturated rings. The van der Waals surface area contributed by atoms with Gasteiger partial charge in [-0.25, -0.2) is 5.43 Å². The molecule has 0 spiro atoms. The minimum absolute atomic E-state index is 0.00930. The smallest absolute Gasteiger partial charge is 0.234 e. The molecule has 1 aromatic rings. The van der Waals surface area contributed by atoms with E-state index in [1.165, 1.54) is 0 Å². The van der Waals surface area contributed by atoms with E-state index < -0.39 is 0 Å². The number of hydrogen-bond donors (Lipinski definition) is 2. The molecule has 0 unspecified atom stereocenters. The molecule has 1 heterocycles. The lowest BCUT2D eigenvalue weighted by Crippen LogP contribution is -2.33. The van der Waals surface area contributed by atoms with E-state index in [1.54, 1.807) is 7.05 Å². The van der Waals surface area contributed by atoms with Crippen LogP contribution in [0.1, 0.15) is 18.4 Å². The molecule has 1 aliphatic heterocycles. The second kappa shape index (κ2) is 6.26. The van der Waals surface area contributed by atoms with Crippen molar-refractivity contribution in [1.29, 1.82) is 0 Å². The second-order valence-corrected chi connectivity index (χ2v) is 4.13. The van der Waals surface area contributed by atoms with Crippen molar-refractivity contribution >= 4 is 5.91 Å². The average Bonchev–Trinajstić information content (AvgIpc) is 2.39. The maximum Gasteiger partial charge on any atom is 0.234 e. The van der Waals surface area contributed by atoms with E-state index in [9.17, 15) is 4.79 Å². The molecular weight excluding hydrogens is 232 g/mol. The Hall–Kier alpha value is -1.75. The minimum atomic E-state index is 0.00930. The molecule has 2 rings (SSSR count). The molecule has 2 N–H and O–H groups in total. The van der Waals surface area contributed by atoms with Crippen LogP contribution in [0.25, 0.3) is 0 Å². The first-order valence-corrected chi connectivity index (χ1v) is 6.13. The van der Waals surface area contributed by atoms with Gasteiger partial charge in [-0.05, 0) is 30.5 Å². The van der Waals surface area contributed by atoms with Crippen molar-refractivity contribution in [3.05, 3.63) is 23.8 Å². The summed E-state index contributed by atoms with van der Waals surface area (Å²) in [5.41, 5.74) is 6.33. The standard InChI is InChI=1S/C13H18N2O3/c1-14-15-13(16)4-2-3-10-5-6-11-12(9-10)18-8-7-17-11/h5-6,9,14H,2-4,7-8H2,1H3,(H,15,16). The van der Waals surface area contributed by atoms with E-state index >= 15 is 0 Å². The maximum absolute atomic E-state index is 11.2. The fourth-order valence-electron chi connectivity index (χ4n) is 1.90. The Morgan fingerprint density at radius 1 is 1.28 bits per heavy atom. The fourth-order valence-corrected chi connectivity index (χ4v) is 1.90. The lowest BCUT2D eigenvalue weighted by Gasteiger charge is -2.18. The summed E-state index contributed by atoms with van der Waals surface area (Å²) in [5, 5.41) is 0. The molecule has 0 aromatic heterocycles. The number of rotatable bonds is 5. The molecule has 0 atom stereocenters. The van der Waals surface area contributed by atoms with Crippen molar-refractivity contribution in [3.8, 4) is 11.5 Å². The summed E-state index contributed by atoms with van der Waals surface area (Å²) in [4.78, 5) is 11.2. The summed E-state index contributed by atoms with van der Waals surface area (Å²) in [7, 11) is 1.68. The molecule has 0 aliphatic carbocycles. The minimum Gasteiger partial charge on any atom is -0.486 e. The first-order chi connectivity index (χ1) is 8.79. The van der Waals surface area contributed by atoms with Gasteiger partial charge in [-0.1, -0.05) is 6.07 Å². The number of nitrogens with one attached hydrogen (secondary N) is 2. The molecule has 1 amide bonds. The Kier molecular flexibility index (Phi) is 4.41. The number of aryl methyl sites for hydroxylation is 1. The summed E-state index contributed by atoms with van der Waals surface area (Å²) in [6.07, 6.45) is 2.18. The molecule has 5 heteroatoms. The van der Waals surface area contributed by atoms with Crippen molar-refractivity contribution in [2.24, 2.45) is 0 Å². The third kappa shape index (κ3) is 3.37. The fraction of sp³-hybridized carbons (Fsp3) is 0.462. The van der Waals surface area contributed by atoms with Gasteiger partial charge in [0.25, 0.3) is 0 Å². The first kappa shape index (κ1) is 12.7. The molecule has 0 radical (unpaired) electrons. The topological polar surface area (TPSA) is 59.6 Å². The summed E-state index contributed by atoms with van der Waals surface area (Å²) >= 11 is 0. The molecule has 1 aromatic carbocycles. The number of fused-ring (bicyclic) bond motifs is 1. The highest BCUT2D eigenvalue weighted by molar-refractivity contribution is 5.75. The third-order valence-electron chi connectivity index (χ3n) is 2.74. The Morgan fingerprint density at radius 3 is 2.83 bits per heavy atom. The van der Waals surface area contributed by atoms with Crippen molar-refractivity contribution in [1.82, 2.24) is 10.9 Å². The van der Waals surface area contributed by atoms with Crippen LogP contribution in [0.15, 0.2) is 18.2 Å². The highest BCUT2D eigenvalue weighted by Crippen LogP contribution is 2.31.